The van der Waals surface area contributed by atoms with Crippen molar-refractivity contribution in [1.29, 1.82) is 0 Å². The van der Waals surface area contributed by atoms with Crippen LogP contribution in [0, 0.1) is 83.9 Å². The Morgan fingerprint density at radius 2 is 0.392 bits per heavy atom. The molecule has 0 unspecified atom stereocenters. The van der Waals surface area contributed by atoms with Crippen LogP contribution in [0.4, 0.5) is 0 Å². The zero-order valence-electron chi connectivity index (χ0n) is 70.7. The summed E-state index contributed by atoms with van der Waals surface area (Å²) >= 11 is 0. The lowest BCUT2D eigenvalue weighted by Gasteiger charge is -2.15. The normalized spacial score (nSPS) is 10.8. The molecule has 0 amide bonds. The van der Waals surface area contributed by atoms with Crippen molar-refractivity contribution in [1.82, 2.24) is 18.3 Å². The molecule has 23 rings (SSSR count). The van der Waals surface area contributed by atoms with Crippen LogP contribution < -0.4 is 0 Å². The van der Waals surface area contributed by atoms with Gasteiger partial charge in [-0.3, -0.25) is 0 Å². The predicted octanol–water partition coefficient (Wildman–Crippen LogP) is 30.5. The first-order valence-electron chi connectivity index (χ1n) is 43.3. The summed E-state index contributed by atoms with van der Waals surface area (Å²) in [6.45, 7) is 0. The Morgan fingerprint density at radius 3 is 0.777 bits per heavy atom. The largest absolute Gasteiger partial charge is 0.309 e. The van der Waals surface area contributed by atoms with E-state index < -0.39 is 0 Å². The molecule has 0 saturated carbocycles. The van der Waals surface area contributed by atoms with E-state index in [1.54, 1.807) is 0 Å². The zero-order chi connectivity index (χ0) is 87.1. The molecule has 4 aromatic heterocycles. The molecule has 0 aliphatic rings. The second-order valence-corrected chi connectivity index (χ2v) is 31.8. The van der Waals surface area contributed by atoms with Crippen LogP contribution in [0.25, 0.3) is 210 Å². The van der Waals surface area contributed by atoms with E-state index in [2.05, 4.69) is 538 Å². The number of hydrogen-bond donors (Lipinski definition) is 0. The summed E-state index contributed by atoms with van der Waals surface area (Å²) in [6, 6.07) is 164. The number of para-hydroxylation sites is 6. The lowest BCUT2D eigenvalue weighted by atomic mass is 9.96. The SMILES string of the molecule is C#CC#CC#CC#CC#CC#CC#C.c1ccc(-c2ccc(-n3c4ccccc4c4cc(-c5ccc6c(c5)c5ccccc5n6-c5ccccc5-c5cccc(-c6ccc7ccccc7c6)c5)ccc43)cc2)cc1.c1ccc(-c2ccc(-n3c4ccccc4c4cc(-c5ccc6c(c5)c5ccccc5n6-c5ccccc5-c5cccc(-c6ccccc6)c5)ccc43)cc2)cc1. The zero-order valence-corrected chi connectivity index (χ0v) is 70.7. The highest BCUT2D eigenvalue weighted by molar-refractivity contribution is 6.16. The Kier molecular flexibility index (Phi) is 21.5. The van der Waals surface area contributed by atoms with Gasteiger partial charge in [0.2, 0.25) is 0 Å². The van der Waals surface area contributed by atoms with Gasteiger partial charge in [0.05, 0.1) is 55.5 Å². The molecule has 130 heavy (non-hydrogen) atoms. The third-order valence-electron chi connectivity index (χ3n) is 24.4. The van der Waals surface area contributed by atoms with E-state index in [-0.39, 0.29) is 0 Å². The lowest BCUT2D eigenvalue weighted by molar-refractivity contribution is 1.18. The second kappa shape index (κ2) is 35.4. The van der Waals surface area contributed by atoms with Gasteiger partial charge in [-0.2, -0.15) is 0 Å². The minimum atomic E-state index is 1.16. The van der Waals surface area contributed by atoms with E-state index in [9.17, 15) is 0 Å². The number of aromatic nitrogens is 4. The molecular formula is C126H76N4. The number of nitrogens with zero attached hydrogens (tertiary/aromatic N) is 4. The predicted molar refractivity (Wildman–Crippen MR) is 548 cm³/mol. The average Bonchev–Trinajstić information content (AvgIpc) is 1.60. The van der Waals surface area contributed by atoms with Gasteiger partial charge in [0.15, 0.2) is 0 Å². The fourth-order valence-corrected chi connectivity index (χ4v) is 18.4. The van der Waals surface area contributed by atoms with Crippen molar-refractivity contribution < 1.29 is 0 Å². The molecule has 0 aliphatic carbocycles. The van der Waals surface area contributed by atoms with E-state index in [4.69, 9.17) is 12.8 Å². The fourth-order valence-electron chi connectivity index (χ4n) is 18.4. The molecule has 600 valence electrons. The first-order chi connectivity index (χ1) is 64.4. The van der Waals surface area contributed by atoms with Crippen molar-refractivity contribution in [2.75, 3.05) is 0 Å². The summed E-state index contributed by atoms with van der Waals surface area (Å²) < 4.78 is 9.69. The number of terminal acetylenes is 2. The Balaban J connectivity index is 0.000000138. The molecule has 0 spiro atoms. The summed E-state index contributed by atoms with van der Waals surface area (Å²) in [5.74, 6) is 28.3. The molecule has 0 bridgehead atoms. The van der Waals surface area contributed by atoms with Crippen LogP contribution in [0.5, 0.6) is 0 Å². The van der Waals surface area contributed by atoms with Gasteiger partial charge in [0.25, 0.3) is 0 Å². The van der Waals surface area contributed by atoms with Crippen molar-refractivity contribution >= 4 is 98.0 Å². The van der Waals surface area contributed by atoms with Gasteiger partial charge < -0.3 is 18.3 Å². The third kappa shape index (κ3) is 15.3. The minimum Gasteiger partial charge on any atom is -0.309 e. The van der Waals surface area contributed by atoms with Gasteiger partial charge >= 0.3 is 0 Å². The maximum atomic E-state index is 4.86. The molecular weight excluding hydrogens is 1570 g/mol. The molecule has 0 fully saturated rings. The van der Waals surface area contributed by atoms with Crippen LogP contribution in [0.2, 0.25) is 0 Å². The summed E-state index contributed by atoms with van der Waals surface area (Å²) in [4.78, 5) is 0. The van der Waals surface area contributed by atoms with Crippen molar-refractivity contribution in [3.63, 3.8) is 0 Å². The minimum absolute atomic E-state index is 1.16. The Morgan fingerprint density at radius 1 is 0.146 bits per heavy atom. The number of fused-ring (bicyclic) bond motifs is 13. The molecule has 0 radical (unpaired) electrons. The molecule has 4 heterocycles. The monoisotopic (exact) mass is 1640 g/mol. The molecule has 23 aromatic rings. The molecule has 0 saturated heterocycles. The van der Waals surface area contributed by atoms with Crippen LogP contribution in [-0.2, 0) is 0 Å². The van der Waals surface area contributed by atoms with Gasteiger partial charge in [-0.15, -0.1) is 12.8 Å². The number of rotatable bonds is 12. The maximum absolute atomic E-state index is 4.86. The Hall–Kier alpha value is -18.4. The van der Waals surface area contributed by atoms with Crippen LogP contribution >= 0.6 is 0 Å². The van der Waals surface area contributed by atoms with E-state index in [1.807, 2.05) is 0 Å². The standard InChI is InChI=1S/C58H38N2.C54H36N2.C14H2/c1-2-13-39(14-3-1)41-27-31-48(32-28-41)59-55-23-10-7-20-50(55)52-37-45(29-33-57(52)59)46-30-34-58-53(38-46)51-21-8-11-24-56(51)60(58)54-22-9-6-19-49(54)47-18-12-17-43(36-47)44-26-25-40-15-4-5-16-42(40)35-44;1-3-14-37(15-4-1)39-26-30-44(31-27-39)55-51-24-11-8-21-46(51)48-35-41(28-32-53(48)55)42-29-33-54-49(36-42)47-22-9-12-25-52(47)56(54)50-23-10-7-20-45(50)43-19-13-18-40(34-43)38-16-5-2-6-17-38;1-3-5-7-9-11-13-14-12-10-8-6-4-2/h1-38H;1-36H;1-2H. The van der Waals surface area contributed by atoms with Crippen molar-refractivity contribution in [3.05, 3.63) is 449 Å². The Labute approximate surface area is 755 Å². The summed E-state index contributed by atoms with van der Waals surface area (Å²) in [6.07, 6.45) is 9.71. The lowest BCUT2D eigenvalue weighted by Crippen LogP contribution is -1.97. The summed E-state index contributed by atoms with van der Waals surface area (Å²) in [5.41, 5.74) is 33.6. The van der Waals surface area contributed by atoms with Crippen LogP contribution in [0.1, 0.15) is 0 Å². The highest BCUT2D eigenvalue weighted by atomic mass is 15.0. The van der Waals surface area contributed by atoms with Crippen molar-refractivity contribution in [2.45, 2.75) is 0 Å². The Bertz CT molecular complexity index is 8770. The third-order valence-corrected chi connectivity index (χ3v) is 24.4. The first kappa shape index (κ1) is 78.8. The summed E-state index contributed by atoms with van der Waals surface area (Å²) in [5, 5.41) is 12.5. The summed E-state index contributed by atoms with van der Waals surface area (Å²) in [7, 11) is 0. The van der Waals surface area contributed by atoms with Crippen LogP contribution in [-0.4, -0.2) is 18.3 Å². The van der Waals surface area contributed by atoms with Gasteiger partial charge in [-0.05, 0) is 287 Å². The molecule has 19 aromatic carbocycles. The maximum Gasteiger partial charge on any atom is 0.0541 e. The van der Waals surface area contributed by atoms with Crippen LogP contribution in [0.3, 0.4) is 0 Å². The molecule has 0 N–H and O–H groups in total. The highest BCUT2D eigenvalue weighted by Crippen LogP contribution is 2.45. The van der Waals surface area contributed by atoms with Gasteiger partial charge in [-0.25, -0.2) is 0 Å². The van der Waals surface area contributed by atoms with E-state index in [1.165, 1.54) is 193 Å². The van der Waals surface area contributed by atoms with E-state index >= 15 is 0 Å². The molecule has 0 aliphatic heterocycles. The number of benzene rings is 19. The van der Waals surface area contributed by atoms with Crippen molar-refractivity contribution in [2.24, 2.45) is 0 Å². The molecule has 0 atom stereocenters. The fraction of sp³-hybridized carbons (Fsp3) is 0. The van der Waals surface area contributed by atoms with Gasteiger partial charge in [-0.1, -0.05) is 322 Å². The van der Waals surface area contributed by atoms with Gasteiger partial charge in [0.1, 0.15) is 0 Å². The van der Waals surface area contributed by atoms with Crippen LogP contribution in [0.15, 0.2) is 449 Å². The smallest absolute Gasteiger partial charge is 0.0541 e. The van der Waals surface area contributed by atoms with Gasteiger partial charge in [0, 0.05) is 65.6 Å². The first-order valence-corrected chi connectivity index (χ1v) is 43.3. The van der Waals surface area contributed by atoms with E-state index in [0.29, 0.717) is 0 Å². The highest BCUT2D eigenvalue weighted by Gasteiger charge is 2.22. The van der Waals surface area contributed by atoms with Crippen molar-refractivity contribution in [3.8, 4) is 196 Å². The molecule has 4 heteroatoms. The number of hydrogen-bond acceptors (Lipinski definition) is 0. The second-order valence-electron chi connectivity index (χ2n) is 31.8. The molecule has 4 nitrogen and oxygen atoms in total. The quantitative estimate of drug-likeness (QED) is 0.109. The topological polar surface area (TPSA) is 19.7 Å². The van der Waals surface area contributed by atoms with E-state index in [0.717, 1.165) is 17.1 Å². The average molecular weight is 1650 g/mol.